The van der Waals surface area contributed by atoms with Gasteiger partial charge in [-0.1, -0.05) is 0 Å². The van der Waals surface area contributed by atoms with E-state index in [0.29, 0.717) is 18.7 Å². The molecular formula is C10H12F2N2O3. The number of rotatable bonds is 5. The Balaban J connectivity index is 2.95. The van der Waals surface area contributed by atoms with Gasteiger partial charge in [0.15, 0.2) is 11.6 Å². The van der Waals surface area contributed by atoms with E-state index in [1.165, 1.54) is 0 Å². The van der Waals surface area contributed by atoms with Crippen LogP contribution < -0.4 is 10.1 Å². The van der Waals surface area contributed by atoms with Gasteiger partial charge in [0, 0.05) is 12.6 Å². The molecule has 94 valence electrons. The minimum atomic E-state index is -1.12. The Morgan fingerprint density at radius 2 is 2.12 bits per heavy atom. The highest BCUT2D eigenvalue weighted by molar-refractivity contribution is 5.39. The smallest absolute Gasteiger partial charge is 0.307 e. The molecule has 0 saturated carbocycles. The third-order valence-electron chi connectivity index (χ3n) is 2.02. The number of benzene rings is 1. The number of hydrogen-bond donors (Lipinski definition) is 1. The average molecular weight is 246 g/mol. The number of halogens is 2. The molecule has 1 atom stereocenters. The fourth-order valence-corrected chi connectivity index (χ4v) is 1.29. The van der Waals surface area contributed by atoms with Crippen LogP contribution in [0.5, 0.6) is 5.75 Å². The van der Waals surface area contributed by atoms with Crippen molar-refractivity contribution in [3.63, 3.8) is 0 Å². The molecular weight excluding hydrogens is 234 g/mol. The van der Waals surface area contributed by atoms with Crippen molar-refractivity contribution in [2.45, 2.75) is 13.0 Å². The van der Waals surface area contributed by atoms with Crippen molar-refractivity contribution in [2.24, 2.45) is 0 Å². The number of hydrogen-bond acceptors (Lipinski definition) is 4. The molecule has 0 saturated heterocycles. The summed E-state index contributed by atoms with van der Waals surface area (Å²) in [6.45, 7) is 2.10. The van der Waals surface area contributed by atoms with Gasteiger partial charge in [-0.3, -0.25) is 10.1 Å². The second-order valence-electron chi connectivity index (χ2n) is 3.48. The SMILES string of the molecule is CNCC(C)Oc1cc(F)c([N+](=O)[O-])cc1F. The van der Waals surface area contributed by atoms with E-state index >= 15 is 0 Å². The molecule has 1 N–H and O–H groups in total. The molecule has 0 radical (unpaired) electrons. The first kappa shape index (κ1) is 13.3. The molecule has 1 rings (SSSR count). The maximum absolute atomic E-state index is 13.4. The van der Waals surface area contributed by atoms with Crippen molar-refractivity contribution >= 4 is 5.69 Å². The van der Waals surface area contributed by atoms with Crippen LogP contribution >= 0.6 is 0 Å². The van der Waals surface area contributed by atoms with Crippen LogP contribution in [-0.2, 0) is 0 Å². The van der Waals surface area contributed by atoms with Gasteiger partial charge >= 0.3 is 5.69 Å². The predicted molar refractivity (Wildman–Crippen MR) is 57.0 cm³/mol. The summed E-state index contributed by atoms with van der Waals surface area (Å²) in [5.41, 5.74) is -0.906. The number of nitro benzene ring substituents is 1. The molecule has 0 aliphatic rings. The molecule has 0 amide bonds. The van der Waals surface area contributed by atoms with Gasteiger partial charge in [-0.25, -0.2) is 4.39 Å². The molecule has 1 aromatic carbocycles. The zero-order chi connectivity index (χ0) is 13.0. The third kappa shape index (κ3) is 3.35. The van der Waals surface area contributed by atoms with E-state index in [-0.39, 0.29) is 11.9 Å². The number of nitrogens with zero attached hydrogens (tertiary/aromatic N) is 1. The highest BCUT2D eigenvalue weighted by Gasteiger charge is 2.20. The summed E-state index contributed by atoms with van der Waals surface area (Å²) in [6.07, 6.45) is -0.379. The molecule has 1 aromatic rings. The first-order valence-corrected chi connectivity index (χ1v) is 4.90. The van der Waals surface area contributed by atoms with Crippen molar-refractivity contribution in [2.75, 3.05) is 13.6 Å². The summed E-state index contributed by atoms with van der Waals surface area (Å²) < 4.78 is 31.7. The molecule has 0 spiro atoms. The fourth-order valence-electron chi connectivity index (χ4n) is 1.29. The Morgan fingerprint density at radius 3 is 2.65 bits per heavy atom. The van der Waals surface area contributed by atoms with Crippen LogP contribution in [0.4, 0.5) is 14.5 Å². The lowest BCUT2D eigenvalue weighted by Gasteiger charge is -2.14. The first-order chi connectivity index (χ1) is 7.95. The Labute approximate surface area is 96.5 Å². The Bertz CT molecular complexity index is 426. The van der Waals surface area contributed by atoms with E-state index in [2.05, 4.69) is 5.32 Å². The fraction of sp³-hybridized carbons (Fsp3) is 0.400. The second kappa shape index (κ2) is 5.53. The molecule has 0 aliphatic heterocycles. The van der Waals surface area contributed by atoms with Gasteiger partial charge in [0.2, 0.25) is 5.82 Å². The summed E-state index contributed by atoms with van der Waals surface area (Å²) in [4.78, 5) is 9.37. The maximum Gasteiger partial charge on any atom is 0.307 e. The molecule has 0 aromatic heterocycles. The lowest BCUT2D eigenvalue weighted by molar-refractivity contribution is -0.387. The van der Waals surface area contributed by atoms with E-state index in [9.17, 15) is 18.9 Å². The Morgan fingerprint density at radius 1 is 1.47 bits per heavy atom. The number of likely N-dealkylation sites (N-methyl/N-ethyl adjacent to an activating group) is 1. The van der Waals surface area contributed by atoms with E-state index in [0.717, 1.165) is 0 Å². The predicted octanol–water partition coefficient (Wildman–Crippen LogP) is 1.86. The minimum absolute atomic E-state index is 0.337. The van der Waals surface area contributed by atoms with Crippen molar-refractivity contribution < 1.29 is 18.4 Å². The Kier molecular flexibility index (Phi) is 4.33. The highest BCUT2D eigenvalue weighted by atomic mass is 19.1. The second-order valence-corrected chi connectivity index (χ2v) is 3.48. The van der Waals surface area contributed by atoms with Crippen LogP contribution in [0.1, 0.15) is 6.92 Å². The molecule has 7 heteroatoms. The van der Waals surface area contributed by atoms with Gasteiger partial charge in [-0.15, -0.1) is 0 Å². The van der Waals surface area contributed by atoms with Gasteiger partial charge in [-0.2, -0.15) is 4.39 Å². The van der Waals surface area contributed by atoms with Crippen LogP contribution in [0.15, 0.2) is 12.1 Å². The molecule has 1 unspecified atom stereocenters. The number of nitro groups is 1. The van der Waals surface area contributed by atoms with E-state index in [1.54, 1.807) is 14.0 Å². The highest BCUT2D eigenvalue weighted by Crippen LogP contribution is 2.26. The minimum Gasteiger partial charge on any atom is -0.486 e. The van der Waals surface area contributed by atoms with Crippen molar-refractivity contribution in [3.05, 3.63) is 33.9 Å². The quantitative estimate of drug-likeness (QED) is 0.636. The third-order valence-corrected chi connectivity index (χ3v) is 2.02. The van der Waals surface area contributed by atoms with Crippen LogP contribution in [0.2, 0.25) is 0 Å². The lowest BCUT2D eigenvalue weighted by Crippen LogP contribution is -2.26. The lowest BCUT2D eigenvalue weighted by atomic mass is 10.2. The number of ether oxygens (including phenoxy) is 1. The van der Waals surface area contributed by atoms with Crippen LogP contribution in [-0.4, -0.2) is 24.6 Å². The standard InChI is InChI=1S/C10H12F2N2O3/c1-6(5-13-2)17-10-4-7(11)9(14(15)16)3-8(10)12/h3-4,6,13H,5H2,1-2H3. The van der Waals surface area contributed by atoms with Gasteiger partial charge in [0.25, 0.3) is 0 Å². The zero-order valence-corrected chi connectivity index (χ0v) is 9.37. The average Bonchev–Trinajstić information content (AvgIpc) is 2.22. The van der Waals surface area contributed by atoms with Crippen molar-refractivity contribution in [3.8, 4) is 5.75 Å². The van der Waals surface area contributed by atoms with Crippen molar-refractivity contribution in [1.82, 2.24) is 5.32 Å². The monoisotopic (exact) mass is 246 g/mol. The molecule has 17 heavy (non-hydrogen) atoms. The summed E-state index contributed by atoms with van der Waals surface area (Å²) >= 11 is 0. The summed E-state index contributed by atoms with van der Waals surface area (Å²) in [6, 6.07) is 1.19. The maximum atomic E-state index is 13.4. The molecule has 0 bridgehead atoms. The zero-order valence-electron chi connectivity index (χ0n) is 9.37. The van der Waals surface area contributed by atoms with Gasteiger partial charge in [0.05, 0.1) is 11.0 Å². The van der Waals surface area contributed by atoms with Crippen molar-refractivity contribution in [1.29, 1.82) is 0 Å². The molecule has 5 nitrogen and oxygen atoms in total. The number of nitrogens with one attached hydrogen (secondary N) is 1. The van der Waals surface area contributed by atoms with Crippen LogP contribution in [0.25, 0.3) is 0 Å². The van der Waals surface area contributed by atoms with E-state index < -0.39 is 22.2 Å². The normalized spacial score (nSPS) is 12.2. The largest absolute Gasteiger partial charge is 0.486 e. The van der Waals surface area contributed by atoms with E-state index in [1.807, 2.05) is 0 Å². The summed E-state index contributed by atoms with van der Waals surface area (Å²) in [5.74, 6) is -2.42. The topological polar surface area (TPSA) is 64.4 Å². The van der Waals surface area contributed by atoms with Crippen LogP contribution in [0, 0.1) is 21.7 Å². The Hall–Kier alpha value is -1.76. The molecule has 0 heterocycles. The first-order valence-electron chi connectivity index (χ1n) is 4.90. The van der Waals surface area contributed by atoms with Gasteiger partial charge in [0.1, 0.15) is 6.10 Å². The van der Waals surface area contributed by atoms with Gasteiger partial charge < -0.3 is 10.1 Å². The summed E-state index contributed by atoms with van der Waals surface area (Å²) in [5, 5.41) is 13.2. The van der Waals surface area contributed by atoms with E-state index in [4.69, 9.17) is 4.74 Å². The summed E-state index contributed by atoms with van der Waals surface area (Å²) in [7, 11) is 1.69. The molecule has 0 aliphatic carbocycles. The van der Waals surface area contributed by atoms with Crippen LogP contribution in [0.3, 0.4) is 0 Å². The molecule has 0 fully saturated rings. The van der Waals surface area contributed by atoms with Gasteiger partial charge in [-0.05, 0) is 14.0 Å².